The fraction of sp³-hybridized carbons (Fsp3) is 0.211. The number of allylic oxidation sites excluding steroid dienone is 4. The molecule has 0 unspecified atom stereocenters. The largest absolute Gasteiger partial charge is 0.501 e. The normalized spacial score (nSPS) is 14.4. The van der Waals surface area contributed by atoms with Gasteiger partial charge in [-0.2, -0.15) is 0 Å². The Hall–Kier alpha value is -5.54. The van der Waals surface area contributed by atoms with Crippen molar-refractivity contribution in [3.05, 3.63) is 127 Å². The quantitative estimate of drug-likeness (QED) is 0.0905. The van der Waals surface area contributed by atoms with Crippen LogP contribution in [0.2, 0.25) is 0 Å². The molecule has 9 nitrogen and oxygen atoms in total. The number of hydrogen-bond acceptors (Lipinski definition) is 8. The number of aldehydes is 1. The lowest BCUT2D eigenvalue weighted by atomic mass is 10.1. The van der Waals surface area contributed by atoms with E-state index in [1.165, 1.54) is 5.56 Å². The zero-order valence-electron chi connectivity index (χ0n) is 26.5. The molecule has 0 saturated carbocycles. The molecule has 238 valence electrons. The molecule has 0 bridgehead atoms. The van der Waals surface area contributed by atoms with Crippen LogP contribution >= 0.6 is 0 Å². The van der Waals surface area contributed by atoms with Crippen molar-refractivity contribution < 1.29 is 14.3 Å². The summed E-state index contributed by atoms with van der Waals surface area (Å²) in [5.74, 6) is 2.31. The molecule has 3 aromatic heterocycles. The van der Waals surface area contributed by atoms with E-state index in [4.69, 9.17) is 25.2 Å². The first-order chi connectivity index (χ1) is 23.0. The summed E-state index contributed by atoms with van der Waals surface area (Å²) in [6.45, 7) is 6.72. The van der Waals surface area contributed by atoms with Crippen LogP contribution in [0.3, 0.4) is 0 Å². The van der Waals surface area contributed by atoms with E-state index in [9.17, 15) is 4.79 Å². The summed E-state index contributed by atoms with van der Waals surface area (Å²) in [4.78, 5) is 27.5. The maximum Gasteiger partial charge on any atom is 0.165 e. The maximum absolute atomic E-state index is 10.7. The lowest BCUT2D eigenvalue weighted by Gasteiger charge is -2.32. The molecule has 2 aromatic carbocycles. The highest BCUT2D eigenvalue weighted by atomic mass is 16.5. The van der Waals surface area contributed by atoms with Gasteiger partial charge in [-0.3, -0.25) is 9.47 Å². The molecule has 6 rings (SSSR count). The molecule has 1 aliphatic rings. The molecule has 0 spiro atoms. The first-order valence-electron chi connectivity index (χ1n) is 15.7. The van der Waals surface area contributed by atoms with Crippen LogP contribution in [0.4, 0.5) is 5.82 Å². The topological polar surface area (TPSA) is 108 Å². The van der Waals surface area contributed by atoms with Gasteiger partial charge in [0.25, 0.3) is 0 Å². The van der Waals surface area contributed by atoms with E-state index in [1.807, 2.05) is 42.5 Å². The second kappa shape index (κ2) is 14.7. The SMILES string of the molecule is C=C(/C=C\C=C(/CC=O)OC)OC1CCN(Cc2ccc(-n3c(-c4cccnc4N)nc4ccc(-c5ccccc5)nc43)cc2)CC1. The van der Waals surface area contributed by atoms with Gasteiger partial charge < -0.3 is 20.0 Å². The summed E-state index contributed by atoms with van der Waals surface area (Å²) < 4.78 is 13.3. The first kappa shape index (κ1) is 31.4. The zero-order chi connectivity index (χ0) is 32.6. The Labute approximate surface area is 274 Å². The number of piperidine rings is 1. The van der Waals surface area contributed by atoms with Gasteiger partial charge in [-0.1, -0.05) is 55.1 Å². The number of anilines is 1. The number of carbonyl (C=O) groups excluding carboxylic acids is 1. The number of likely N-dealkylation sites (tertiary alicyclic amines) is 1. The van der Waals surface area contributed by atoms with Gasteiger partial charge in [0.1, 0.15) is 35.2 Å². The maximum atomic E-state index is 10.7. The Balaban J connectivity index is 1.16. The van der Waals surface area contributed by atoms with Crippen LogP contribution in [0.1, 0.15) is 24.8 Å². The summed E-state index contributed by atoms with van der Waals surface area (Å²) >= 11 is 0. The van der Waals surface area contributed by atoms with Crippen molar-refractivity contribution in [2.75, 3.05) is 25.9 Å². The molecule has 1 fully saturated rings. The van der Waals surface area contributed by atoms with Crippen molar-refractivity contribution in [3.63, 3.8) is 0 Å². The van der Waals surface area contributed by atoms with E-state index in [0.717, 1.165) is 72.4 Å². The monoisotopic (exact) mass is 626 g/mol. The van der Waals surface area contributed by atoms with Crippen molar-refractivity contribution in [2.24, 2.45) is 0 Å². The summed E-state index contributed by atoms with van der Waals surface area (Å²) in [6, 6.07) is 26.5. The van der Waals surface area contributed by atoms with Gasteiger partial charge in [0.05, 0.1) is 24.8 Å². The second-order valence-electron chi connectivity index (χ2n) is 11.4. The van der Waals surface area contributed by atoms with Crippen LogP contribution in [0, 0.1) is 0 Å². The van der Waals surface area contributed by atoms with Gasteiger partial charge in [-0.15, -0.1) is 0 Å². The molecule has 0 aliphatic carbocycles. The van der Waals surface area contributed by atoms with Gasteiger partial charge in [-0.25, -0.2) is 15.0 Å². The van der Waals surface area contributed by atoms with Gasteiger partial charge >= 0.3 is 0 Å². The molecule has 1 saturated heterocycles. The molecular weight excluding hydrogens is 588 g/mol. The van der Waals surface area contributed by atoms with Crippen molar-refractivity contribution in [1.82, 2.24) is 24.4 Å². The van der Waals surface area contributed by atoms with E-state index < -0.39 is 0 Å². The van der Waals surface area contributed by atoms with Crippen molar-refractivity contribution in [1.29, 1.82) is 0 Å². The number of aromatic nitrogens is 4. The number of pyridine rings is 2. The molecule has 9 heteroatoms. The molecule has 1 aliphatic heterocycles. The van der Waals surface area contributed by atoms with E-state index in [0.29, 0.717) is 23.2 Å². The van der Waals surface area contributed by atoms with Crippen molar-refractivity contribution >= 4 is 23.3 Å². The van der Waals surface area contributed by atoms with E-state index in [1.54, 1.807) is 31.5 Å². The fourth-order valence-electron chi connectivity index (χ4n) is 5.77. The Morgan fingerprint density at radius 1 is 1.00 bits per heavy atom. The number of rotatable bonds is 12. The van der Waals surface area contributed by atoms with Crippen LogP contribution in [0.15, 0.2) is 121 Å². The van der Waals surface area contributed by atoms with E-state index in [-0.39, 0.29) is 12.5 Å². The fourth-order valence-corrected chi connectivity index (χ4v) is 5.77. The predicted octanol–water partition coefficient (Wildman–Crippen LogP) is 6.90. The number of carbonyl (C=O) groups is 1. The van der Waals surface area contributed by atoms with E-state index in [2.05, 4.69) is 57.4 Å². The smallest absolute Gasteiger partial charge is 0.165 e. The third kappa shape index (κ3) is 7.48. The highest BCUT2D eigenvalue weighted by Crippen LogP contribution is 2.32. The second-order valence-corrected chi connectivity index (χ2v) is 11.4. The Morgan fingerprint density at radius 2 is 1.79 bits per heavy atom. The highest BCUT2D eigenvalue weighted by molar-refractivity contribution is 5.84. The minimum absolute atomic E-state index is 0.118. The molecule has 2 N–H and O–H groups in total. The van der Waals surface area contributed by atoms with Crippen LogP contribution in [0.5, 0.6) is 0 Å². The molecule has 0 amide bonds. The minimum atomic E-state index is 0.118. The van der Waals surface area contributed by atoms with Crippen molar-refractivity contribution in [2.45, 2.75) is 31.9 Å². The number of methoxy groups -OCH3 is 1. The predicted molar refractivity (Wildman–Crippen MR) is 185 cm³/mol. The number of nitrogen functional groups attached to an aromatic ring is 1. The average molecular weight is 627 g/mol. The summed E-state index contributed by atoms with van der Waals surface area (Å²) in [5.41, 5.74) is 12.7. The third-order valence-electron chi connectivity index (χ3n) is 8.22. The van der Waals surface area contributed by atoms with Gasteiger partial charge in [0.2, 0.25) is 0 Å². The number of hydrogen-bond donors (Lipinski definition) is 1. The number of fused-ring (bicyclic) bond motifs is 1. The summed E-state index contributed by atoms with van der Waals surface area (Å²) in [7, 11) is 1.55. The minimum Gasteiger partial charge on any atom is -0.501 e. The van der Waals surface area contributed by atoms with Gasteiger partial charge in [0.15, 0.2) is 11.5 Å². The Kier molecular flexibility index (Phi) is 9.84. The average Bonchev–Trinajstić information content (AvgIpc) is 3.48. The number of nitrogens with two attached hydrogens (primary N) is 1. The van der Waals surface area contributed by atoms with Crippen LogP contribution in [-0.4, -0.2) is 57.0 Å². The molecule has 5 aromatic rings. The van der Waals surface area contributed by atoms with E-state index >= 15 is 0 Å². The lowest BCUT2D eigenvalue weighted by Crippen LogP contribution is -2.36. The Bertz CT molecular complexity index is 1910. The lowest BCUT2D eigenvalue weighted by molar-refractivity contribution is -0.107. The van der Waals surface area contributed by atoms with Crippen LogP contribution < -0.4 is 5.73 Å². The number of nitrogens with zero attached hydrogens (tertiary/aromatic N) is 5. The first-order valence-corrected chi connectivity index (χ1v) is 15.7. The zero-order valence-corrected chi connectivity index (χ0v) is 26.5. The van der Waals surface area contributed by atoms with Crippen LogP contribution in [0.25, 0.3) is 39.5 Å². The molecule has 4 heterocycles. The molecule has 0 radical (unpaired) electrons. The Morgan fingerprint density at radius 3 is 2.51 bits per heavy atom. The van der Waals surface area contributed by atoms with Gasteiger partial charge in [0, 0.05) is 37.1 Å². The van der Waals surface area contributed by atoms with Crippen molar-refractivity contribution in [3.8, 4) is 28.3 Å². The number of ether oxygens (including phenoxy) is 2. The molecule has 47 heavy (non-hydrogen) atoms. The summed E-state index contributed by atoms with van der Waals surface area (Å²) in [5, 5.41) is 0. The third-order valence-corrected chi connectivity index (χ3v) is 8.22. The molecule has 0 atom stereocenters. The standard InChI is InChI=1S/C38H38N6O3/c1-27(8-6-11-31(46-2)21-25-45)47-32-19-23-43(24-20-32)26-28-13-15-30(16-14-28)44-37(33-12-7-22-40-36(33)39)42-35-18-17-34(41-38(35)44)29-9-4-3-5-10-29/h3-18,22,25,32H,1,19-21,23-24,26H2,2H3,(H2,39,40)/b8-6-,31-11+. The number of imidazole rings is 1. The summed E-state index contributed by atoms with van der Waals surface area (Å²) in [6.07, 6.45) is 10.0. The van der Waals surface area contributed by atoms with Gasteiger partial charge in [-0.05, 0) is 67.0 Å². The highest BCUT2D eigenvalue weighted by Gasteiger charge is 2.22. The number of benzene rings is 2. The molecular formula is C38H38N6O3. The van der Waals surface area contributed by atoms with Crippen LogP contribution in [-0.2, 0) is 20.8 Å².